The average molecular weight is 277 g/mol. The molecule has 1 atom stereocenters. The summed E-state index contributed by atoms with van der Waals surface area (Å²) in [5.74, 6) is -0.477. The Morgan fingerprint density at radius 2 is 1.90 bits per heavy atom. The molecule has 106 valence electrons. The third-order valence-electron chi connectivity index (χ3n) is 3.30. The number of hydrogen-bond acceptors (Lipinski definition) is 2. The second-order valence-corrected chi connectivity index (χ2v) is 5.06. The van der Waals surface area contributed by atoms with E-state index in [0.29, 0.717) is 11.3 Å². The molecule has 2 N–H and O–H groups in total. The highest BCUT2D eigenvalue weighted by molar-refractivity contribution is 5.34. The van der Waals surface area contributed by atoms with E-state index >= 15 is 0 Å². The van der Waals surface area contributed by atoms with Crippen LogP contribution in [0.1, 0.15) is 18.1 Å². The Balaban J connectivity index is 2.29. The van der Waals surface area contributed by atoms with Gasteiger partial charge in [-0.2, -0.15) is 0 Å². The first-order valence-corrected chi connectivity index (χ1v) is 6.30. The lowest BCUT2D eigenvalue weighted by Crippen LogP contribution is -2.35. The van der Waals surface area contributed by atoms with Crippen molar-refractivity contribution in [2.75, 3.05) is 7.11 Å². The van der Waals surface area contributed by atoms with Gasteiger partial charge in [-0.1, -0.05) is 18.2 Å². The zero-order valence-corrected chi connectivity index (χ0v) is 11.5. The molecule has 0 bridgehead atoms. The van der Waals surface area contributed by atoms with E-state index in [1.165, 1.54) is 12.1 Å². The fourth-order valence-electron chi connectivity index (χ4n) is 2.14. The topological polar surface area (TPSA) is 35.2 Å². The van der Waals surface area contributed by atoms with Gasteiger partial charge in [0.15, 0.2) is 0 Å². The van der Waals surface area contributed by atoms with Gasteiger partial charge in [0.2, 0.25) is 0 Å². The van der Waals surface area contributed by atoms with Gasteiger partial charge in [-0.25, -0.2) is 8.78 Å². The van der Waals surface area contributed by atoms with E-state index in [-0.39, 0.29) is 6.42 Å². The van der Waals surface area contributed by atoms with Crippen LogP contribution in [0.4, 0.5) is 8.78 Å². The summed E-state index contributed by atoms with van der Waals surface area (Å²) in [6, 6.07) is 10.9. The molecule has 0 saturated carbocycles. The average Bonchev–Trinajstić information content (AvgIpc) is 2.42. The molecule has 0 saturated heterocycles. The Bertz CT molecular complexity index is 611. The smallest absolute Gasteiger partial charge is 0.129 e. The van der Waals surface area contributed by atoms with Gasteiger partial charge in [-0.3, -0.25) is 0 Å². The largest absolute Gasteiger partial charge is 0.497 e. The molecule has 20 heavy (non-hydrogen) atoms. The summed E-state index contributed by atoms with van der Waals surface area (Å²) in [5.41, 5.74) is 6.74. The maximum atomic E-state index is 13.7. The lowest BCUT2D eigenvalue weighted by molar-refractivity contribution is 0.410. The van der Waals surface area contributed by atoms with Crippen LogP contribution in [0.15, 0.2) is 42.5 Å². The van der Waals surface area contributed by atoms with Crippen LogP contribution >= 0.6 is 0 Å². The van der Waals surface area contributed by atoms with Crippen molar-refractivity contribution < 1.29 is 13.5 Å². The van der Waals surface area contributed by atoms with Crippen molar-refractivity contribution in [3.63, 3.8) is 0 Å². The molecule has 1 unspecified atom stereocenters. The number of halogens is 2. The third kappa shape index (κ3) is 3.14. The van der Waals surface area contributed by atoms with Crippen molar-refractivity contribution in [1.82, 2.24) is 0 Å². The van der Waals surface area contributed by atoms with E-state index in [9.17, 15) is 8.78 Å². The first-order chi connectivity index (χ1) is 9.42. The van der Waals surface area contributed by atoms with E-state index < -0.39 is 17.2 Å². The first kappa shape index (κ1) is 14.5. The summed E-state index contributed by atoms with van der Waals surface area (Å²) in [7, 11) is 1.58. The predicted molar refractivity (Wildman–Crippen MR) is 74.6 cm³/mol. The summed E-state index contributed by atoms with van der Waals surface area (Å²) >= 11 is 0. The van der Waals surface area contributed by atoms with E-state index in [1.54, 1.807) is 7.11 Å². The van der Waals surface area contributed by atoms with Gasteiger partial charge in [0.1, 0.15) is 17.4 Å². The molecule has 0 spiro atoms. The quantitative estimate of drug-likeness (QED) is 0.929. The van der Waals surface area contributed by atoms with Crippen molar-refractivity contribution in [3.8, 4) is 5.75 Å². The molecular weight excluding hydrogens is 260 g/mol. The van der Waals surface area contributed by atoms with E-state index in [0.717, 1.165) is 11.6 Å². The number of ether oxygens (including phenoxy) is 1. The predicted octanol–water partition coefficient (Wildman–Crippen LogP) is 3.39. The van der Waals surface area contributed by atoms with Gasteiger partial charge in [0, 0.05) is 11.6 Å². The fourth-order valence-corrected chi connectivity index (χ4v) is 2.14. The zero-order valence-electron chi connectivity index (χ0n) is 11.5. The summed E-state index contributed by atoms with van der Waals surface area (Å²) in [6.45, 7) is 1.81. The molecule has 0 aromatic heterocycles. The monoisotopic (exact) mass is 277 g/mol. The zero-order chi connectivity index (χ0) is 14.8. The van der Waals surface area contributed by atoms with E-state index in [2.05, 4.69) is 0 Å². The number of hydrogen-bond donors (Lipinski definition) is 1. The molecule has 0 radical (unpaired) electrons. The maximum absolute atomic E-state index is 13.7. The minimum atomic E-state index is -0.771. The molecule has 2 aromatic rings. The molecule has 0 amide bonds. The minimum Gasteiger partial charge on any atom is -0.497 e. The van der Waals surface area contributed by atoms with Crippen LogP contribution in [0, 0.1) is 11.6 Å². The van der Waals surface area contributed by atoms with Gasteiger partial charge in [0.05, 0.1) is 7.11 Å². The number of benzene rings is 2. The number of nitrogens with two attached hydrogens (primary N) is 1. The Morgan fingerprint density at radius 3 is 2.55 bits per heavy atom. The molecule has 0 aliphatic rings. The summed E-state index contributed by atoms with van der Waals surface area (Å²) < 4.78 is 31.8. The van der Waals surface area contributed by atoms with E-state index in [4.69, 9.17) is 10.5 Å². The molecule has 2 nitrogen and oxygen atoms in total. The standard InChI is InChI=1S/C16H17F2NO/c1-16(19,12-4-3-5-14(8-12)20-2)10-11-6-7-13(17)9-15(11)18/h3-9H,10,19H2,1-2H3. The normalized spacial score (nSPS) is 13.8. The molecule has 0 aliphatic carbocycles. The van der Waals surface area contributed by atoms with Crippen LogP contribution in [0.5, 0.6) is 5.75 Å². The van der Waals surface area contributed by atoms with Gasteiger partial charge in [-0.15, -0.1) is 0 Å². The van der Waals surface area contributed by atoms with Crippen molar-refractivity contribution in [1.29, 1.82) is 0 Å². The summed E-state index contributed by atoms with van der Waals surface area (Å²) in [6.07, 6.45) is 0.270. The van der Waals surface area contributed by atoms with Gasteiger partial charge >= 0.3 is 0 Å². The molecule has 4 heteroatoms. The Morgan fingerprint density at radius 1 is 1.15 bits per heavy atom. The van der Waals surface area contributed by atoms with Crippen LogP contribution in [0.3, 0.4) is 0 Å². The molecule has 0 heterocycles. The highest BCUT2D eigenvalue weighted by Crippen LogP contribution is 2.27. The summed E-state index contributed by atoms with van der Waals surface area (Å²) in [5, 5.41) is 0. The van der Waals surface area contributed by atoms with Crippen molar-refractivity contribution in [2.45, 2.75) is 18.9 Å². The second-order valence-electron chi connectivity index (χ2n) is 5.06. The maximum Gasteiger partial charge on any atom is 0.129 e. The molecular formula is C16H17F2NO. The fraction of sp³-hybridized carbons (Fsp3) is 0.250. The van der Waals surface area contributed by atoms with Gasteiger partial charge in [0.25, 0.3) is 0 Å². The van der Waals surface area contributed by atoms with Crippen LogP contribution in [0.2, 0.25) is 0 Å². The molecule has 0 fully saturated rings. The van der Waals surface area contributed by atoms with Crippen LogP contribution in [-0.2, 0) is 12.0 Å². The molecule has 2 rings (SSSR count). The Labute approximate surface area is 117 Å². The van der Waals surface area contributed by atoms with Crippen molar-refractivity contribution in [3.05, 3.63) is 65.2 Å². The highest BCUT2D eigenvalue weighted by atomic mass is 19.1. The van der Waals surface area contributed by atoms with Crippen molar-refractivity contribution in [2.24, 2.45) is 5.73 Å². The van der Waals surface area contributed by atoms with Crippen LogP contribution in [-0.4, -0.2) is 7.11 Å². The SMILES string of the molecule is COc1cccc(C(C)(N)Cc2ccc(F)cc2F)c1. The van der Waals surface area contributed by atoms with Crippen LogP contribution in [0.25, 0.3) is 0 Å². The van der Waals surface area contributed by atoms with Gasteiger partial charge < -0.3 is 10.5 Å². The third-order valence-corrected chi connectivity index (χ3v) is 3.30. The Kier molecular flexibility index (Phi) is 4.04. The lowest BCUT2D eigenvalue weighted by atomic mass is 9.86. The lowest BCUT2D eigenvalue weighted by Gasteiger charge is -2.26. The Hall–Kier alpha value is -1.94. The van der Waals surface area contributed by atoms with E-state index in [1.807, 2.05) is 31.2 Å². The minimum absolute atomic E-state index is 0.270. The highest BCUT2D eigenvalue weighted by Gasteiger charge is 2.23. The first-order valence-electron chi connectivity index (χ1n) is 6.30. The van der Waals surface area contributed by atoms with Crippen molar-refractivity contribution >= 4 is 0 Å². The van der Waals surface area contributed by atoms with Crippen LogP contribution < -0.4 is 10.5 Å². The second kappa shape index (κ2) is 5.59. The number of methoxy groups -OCH3 is 1. The summed E-state index contributed by atoms with van der Waals surface area (Å²) in [4.78, 5) is 0. The molecule has 0 aliphatic heterocycles. The number of rotatable bonds is 4. The molecule has 2 aromatic carbocycles. The van der Waals surface area contributed by atoms with Gasteiger partial charge in [-0.05, 0) is 42.7 Å².